The number of carbonyl (C=O) groups is 1. The Morgan fingerprint density at radius 2 is 2.07 bits per heavy atom. The van der Waals surface area contributed by atoms with Crippen molar-refractivity contribution in [2.24, 2.45) is 0 Å². The Balaban J connectivity index is 1.66. The van der Waals surface area contributed by atoms with Gasteiger partial charge in [0.25, 0.3) is 5.91 Å². The molecule has 1 saturated heterocycles. The fourth-order valence-electron chi connectivity index (χ4n) is 3.85. The lowest BCUT2D eigenvalue weighted by atomic mass is 10.0. The highest BCUT2D eigenvalue weighted by molar-refractivity contribution is 5.96. The molecular formula is C21H21FN6O. The van der Waals surface area contributed by atoms with Crippen LogP contribution in [-0.2, 0) is 13.0 Å². The molecule has 148 valence electrons. The number of benzene rings is 1. The third kappa shape index (κ3) is 4.10. The van der Waals surface area contributed by atoms with Gasteiger partial charge in [-0.25, -0.2) is 4.39 Å². The lowest BCUT2D eigenvalue weighted by Crippen LogP contribution is -2.24. The standard InChI is InChI=1S/C21H21FN6O/c22-16-3-4-20-18(12-16)19(26-28(20)10-9-27-7-1-2-8-27)11-15-13-24-6-5-17(15)21(29)25-14-23/h3-6,12-13H,1-2,7-11H2,(H,25,29). The molecule has 0 bridgehead atoms. The Hall–Kier alpha value is -3.31. The van der Waals surface area contributed by atoms with Gasteiger partial charge in [0, 0.05) is 36.3 Å². The molecule has 1 aliphatic rings. The van der Waals surface area contributed by atoms with Gasteiger partial charge in [-0.2, -0.15) is 10.4 Å². The Kier molecular flexibility index (Phi) is 5.49. The zero-order valence-corrected chi connectivity index (χ0v) is 15.9. The first-order chi connectivity index (χ1) is 14.2. The molecule has 2 aromatic heterocycles. The molecule has 3 heterocycles. The molecule has 0 spiro atoms. The normalized spacial score (nSPS) is 14.2. The summed E-state index contributed by atoms with van der Waals surface area (Å²) in [6.07, 6.45) is 7.51. The van der Waals surface area contributed by atoms with Crippen LogP contribution < -0.4 is 5.32 Å². The van der Waals surface area contributed by atoms with Gasteiger partial charge in [-0.05, 0) is 55.8 Å². The van der Waals surface area contributed by atoms with Gasteiger partial charge in [0.05, 0.1) is 17.8 Å². The predicted octanol–water partition coefficient (Wildman–Crippen LogP) is 2.47. The summed E-state index contributed by atoms with van der Waals surface area (Å²) in [7, 11) is 0. The van der Waals surface area contributed by atoms with Gasteiger partial charge in [-0.3, -0.25) is 19.8 Å². The summed E-state index contributed by atoms with van der Waals surface area (Å²) in [4.78, 5) is 18.7. The molecular weight excluding hydrogens is 371 g/mol. The SMILES string of the molecule is N#CNC(=O)c1ccncc1Cc1nn(CCN2CCCC2)c2ccc(F)cc12. The van der Waals surface area contributed by atoms with Crippen molar-refractivity contribution in [3.8, 4) is 6.19 Å². The predicted molar refractivity (Wildman–Crippen MR) is 105 cm³/mol. The molecule has 0 aliphatic carbocycles. The highest BCUT2D eigenvalue weighted by Gasteiger charge is 2.18. The number of pyridine rings is 1. The monoisotopic (exact) mass is 392 g/mol. The van der Waals surface area contributed by atoms with Crippen LogP contribution in [0.3, 0.4) is 0 Å². The summed E-state index contributed by atoms with van der Waals surface area (Å²) in [6.45, 7) is 3.83. The number of fused-ring (bicyclic) bond motifs is 1. The highest BCUT2D eigenvalue weighted by atomic mass is 19.1. The Labute approximate surface area is 167 Å². The molecule has 0 saturated carbocycles. The molecule has 4 rings (SSSR count). The van der Waals surface area contributed by atoms with Crippen LogP contribution in [0.25, 0.3) is 10.9 Å². The van der Waals surface area contributed by atoms with Crippen LogP contribution in [0, 0.1) is 17.3 Å². The van der Waals surface area contributed by atoms with Gasteiger partial charge in [0.15, 0.2) is 6.19 Å². The molecule has 0 unspecified atom stereocenters. The number of halogens is 1. The minimum atomic E-state index is -0.492. The molecule has 1 amide bonds. The van der Waals surface area contributed by atoms with Gasteiger partial charge >= 0.3 is 0 Å². The third-order valence-electron chi connectivity index (χ3n) is 5.29. The number of hydrogen-bond acceptors (Lipinski definition) is 5. The first-order valence-electron chi connectivity index (χ1n) is 9.65. The molecule has 7 nitrogen and oxygen atoms in total. The Bertz CT molecular complexity index is 1080. The third-order valence-corrected chi connectivity index (χ3v) is 5.29. The number of nitriles is 1. The fourth-order valence-corrected chi connectivity index (χ4v) is 3.85. The second-order valence-electron chi connectivity index (χ2n) is 7.16. The van der Waals surface area contributed by atoms with Crippen molar-refractivity contribution in [3.63, 3.8) is 0 Å². The van der Waals surface area contributed by atoms with Crippen LogP contribution >= 0.6 is 0 Å². The number of aromatic nitrogens is 3. The largest absolute Gasteiger partial charge is 0.301 e. The van der Waals surface area contributed by atoms with Crippen LogP contribution in [0.5, 0.6) is 0 Å². The van der Waals surface area contributed by atoms with Gasteiger partial charge in [0.1, 0.15) is 5.82 Å². The van der Waals surface area contributed by atoms with Gasteiger partial charge in [0.2, 0.25) is 0 Å². The fraction of sp³-hybridized carbons (Fsp3) is 0.333. The van der Waals surface area contributed by atoms with Crippen LogP contribution in [0.4, 0.5) is 4.39 Å². The summed E-state index contributed by atoms with van der Waals surface area (Å²) in [5.41, 5.74) is 2.54. The molecule has 1 N–H and O–H groups in total. The molecule has 3 aromatic rings. The van der Waals surface area contributed by atoms with E-state index in [-0.39, 0.29) is 5.82 Å². The maximum absolute atomic E-state index is 13.9. The minimum absolute atomic E-state index is 0.318. The number of amides is 1. The second kappa shape index (κ2) is 8.37. The van der Waals surface area contributed by atoms with Crippen LogP contribution in [0.2, 0.25) is 0 Å². The van der Waals surface area contributed by atoms with E-state index >= 15 is 0 Å². The van der Waals surface area contributed by atoms with E-state index in [1.807, 2.05) is 4.68 Å². The number of carbonyl (C=O) groups excluding carboxylic acids is 1. The lowest BCUT2D eigenvalue weighted by molar-refractivity contribution is 0.0972. The summed E-state index contributed by atoms with van der Waals surface area (Å²) in [5.74, 6) is -0.819. The van der Waals surface area contributed by atoms with Gasteiger partial charge < -0.3 is 4.90 Å². The van der Waals surface area contributed by atoms with E-state index in [0.717, 1.165) is 37.1 Å². The highest BCUT2D eigenvalue weighted by Crippen LogP contribution is 2.24. The van der Waals surface area contributed by atoms with E-state index < -0.39 is 5.91 Å². The zero-order chi connectivity index (χ0) is 20.2. The van der Waals surface area contributed by atoms with Crippen LogP contribution in [0.1, 0.15) is 34.5 Å². The van der Waals surface area contributed by atoms with Crippen molar-refractivity contribution in [3.05, 3.63) is 59.3 Å². The minimum Gasteiger partial charge on any atom is -0.301 e. The Morgan fingerprint density at radius 3 is 2.86 bits per heavy atom. The number of rotatable bonds is 6. The quantitative estimate of drug-likeness (QED) is 0.514. The average Bonchev–Trinajstić information content (AvgIpc) is 3.35. The number of hydrogen-bond donors (Lipinski definition) is 1. The first-order valence-corrected chi connectivity index (χ1v) is 9.65. The van der Waals surface area contributed by atoms with E-state index in [1.165, 1.54) is 31.2 Å². The van der Waals surface area contributed by atoms with Crippen molar-refractivity contribution in [2.45, 2.75) is 25.8 Å². The molecule has 0 radical (unpaired) electrons. The van der Waals surface area contributed by atoms with E-state index in [4.69, 9.17) is 10.4 Å². The van der Waals surface area contributed by atoms with Gasteiger partial charge in [-0.1, -0.05) is 0 Å². The lowest BCUT2D eigenvalue weighted by Gasteiger charge is -2.14. The zero-order valence-electron chi connectivity index (χ0n) is 15.9. The van der Waals surface area contributed by atoms with E-state index in [0.29, 0.717) is 23.2 Å². The van der Waals surface area contributed by atoms with Crippen molar-refractivity contribution >= 4 is 16.8 Å². The van der Waals surface area contributed by atoms with E-state index in [2.05, 4.69) is 15.2 Å². The molecule has 29 heavy (non-hydrogen) atoms. The summed E-state index contributed by atoms with van der Waals surface area (Å²) in [6, 6.07) is 6.23. The van der Waals surface area contributed by atoms with Crippen molar-refractivity contribution in [1.82, 2.24) is 25.0 Å². The van der Waals surface area contributed by atoms with Gasteiger partial charge in [-0.15, -0.1) is 0 Å². The van der Waals surface area contributed by atoms with Crippen molar-refractivity contribution < 1.29 is 9.18 Å². The molecule has 1 fully saturated rings. The smallest absolute Gasteiger partial charge is 0.264 e. The van der Waals surface area contributed by atoms with Crippen molar-refractivity contribution in [2.75, 3.05) is 19.6 Å². The van der Waals surface area contributed by atoms with Crippen LogP contribution in [-0.4, -0.2) is 45.2 Å². The molecule has 1 aliphatic heterocycles. The number of nitrogens with zero attached hydrogens (tertiary/aromatic N) is 5. The number of nitrogens with one attached hydrogen (secondary N) is 1. The molecule has 0 atom stereocenters. The maximum atomic E-state index is 13.9. The van der Waals surface area contributed by atoms with Crippen molar-refractivity contribution in [1.29, 1.82) is 5.26 Å². The number of likely N-dealkylation sites (tertiary alicyclic amines) is 1. The van der Waals surface area contributed by atoms with E-state index in [9.17, 15) is 9.18 Å². The summed E-state index contributed by atoms with van der Waals surface area (Å²) >= 11 is 0. The summed E-state index contributed by atoms with van der Waals surface area (Å²) in [5, 5.41) is 16.3. The first kappa shape index (κ1) is 19.0. The topological polar surface area (TPSA) is 86.8 Å². The summed E-state index contributed by atoms with van der Waals surface area (Å²) < 4.78 is 15.9. The average molecular weight is 392 g/mol. The van der Waals surface area contributed by atoms with E-state index in [1.54, 1.807) is 24.5 Å². The Morgan fingerprint density at radius 1 is 1.24 bits per heavy atom. The second-order valence-corrected chi connectivity index (χ2v) is 7.16. The maximum Gasteiger partial charge on any atom is 0.264 e. The molecule has 8 heteroatoms. The van der Waals surface area contributed by atoms with Crippen LogP contribution in [0.15, 0.2) is 36.7 Å². The molecule has 1 aromatic carbocycles.